The average Bonchev–Trinajstić information content (AvgIpc) is 3.17. The lowest BCUT2D eigenvalue weighted by molar-refractivity contribution is 0.434. The fourth-order valence-corrected chi connectivity index (χ4v) is 7.17. The molecule has 3 heterocycles. The summed E-state index contributed by atoms with van der Waals surface area (Å²) in [6.07, 6.45) is 0. The number of hydrogen-bond donors (Lipinski definition) is 0. The Hall–Kier alpha value is -6.57. The highest BCUT2D eigenvalue weighted by atomic mass is 16.5. The molecule has 4 nitrogen and oxygen atoms in total. The summed E-state index contributed by atoms with van der Waals surface area (Å²) < 4.78 is 6.62. The molecule has 9 rings (SSSR count). The van der Waals surface area contributed by atoms with Crippen LogP contribution >= 0.6 is 0 Å². The summed E-state index contributed by atoms with van der Waals surface area (Å²) in [7, 11) is 0. The molecule has 4 heteroatoms. The molecule has 6 aromatic carbocycles. The molecule has 0 saturated carbocycles. The summed E-state index contributed by atoms with van der Waals surface area (Å²) in [5.41, 5.74) is 9.86. The molecule has 0 spiro atoms. The standard InChI is InChI=1S/C44H27N3O/c45-28-29-15-17-30(18-16-29)38-24-21-31-19-20-32-22-25-39(47-43(32)42(31)46-38)33-23-26-41-37(27-33)44(34-9-3-1-4-10-34,35-11-5-2-6-12-35)36-13-7-8-14-40(36)48-41/h1-27H. The monoisotopic (exact) mass is 613 g/mol. The molecule has 0 aliphatic carbocycles. The maximum atomic E-state index is 9.25. The summed E-state index contributed by atoms with van der Waals surface area (Å²) in [6, 6.07) is 58.4. The van der Waals surface area contributed by atoms with Crippen LogP contribution in [0.15, 0.2) is 164 Å². The molecule has 48 heavy (non-hydrogen) atoms. The number of nitriles is 1. The summed E-state index contributed by atoms with van der Waals surface area (Å²) >= 11 is 0. The SMILES string of the molecule is N#Cc1ccc(-c2ccc3ccc4ccc(-c5ccc6c(c5)C(c5ccccc5)(c5ccccc5)c5ccccc5O6)nc4c3n2)cc1. The second-order valence-corrected chi connectivity index (χ2v) is 12.1. The molecule has 0 saturated heterocycles. The quantitative estimate of drug-likeness (QED) is 0.185. The van der Waals surface area contributed by atoms with Gasteiger partial charge in [0.25, 0.3) is 0 Å². The van der Waals surface area contributed by atoms with Gasteiger partial charge in [0.15, 0.2) is 0 Å². The first-order valence-electron chi connectivity index (χ1n) is 16.0. The molecule has 8 aromatic rings. The maximum Gasteiger partial charge on any atom is 0.132 e. The Labute approximate surface area is 278 Å². The lowest BCUT2D eigenvalue weighted by Crippen LogP contribution is -2.34. The third-order valence-corrected chi connectivity index (χ3v) is 9.43. The third kappa shape index (κ3) is 4.30. The molecule has 1 aliphatic rings. The molecule has 0 unspecified atom stereocenters. The fraction of sp³-hybridized carbons (Fsp3) is 0.0227. The Bertz CT molecular complexity index is 2500. The van der Waals surface area contributed by atoms with Gasteiger partial charge in [-0.05, 0) is 59.7 Å². The zero-order valence-corrected chi connectivity index (χ0v) is 25.8. The van der Waals surface area contributed by atoms with E-state index in [0.717, 1.165) is 66.9 Å². The summed E-state index contributed by atoms with van der Waals surface area (Å²) in [5.74, 6) is 1.68. The molecule has 0 bridgehead atoms. The molecule has 0 atom stereocenters. The van der Waals surface area contributed by atoms with Crippen LogP contribution in [0.5, 0.6) is 11.5 Å². The van der Waals surface area contributed by atoms with Crippen LogP contribution in [0.25, 0.3) is 44.3 Å². The molecule has 1 aliphatic heterocycles. The number of ether oxygens (including phenoxy) is 1. The van der Waals surface area contributed by atoms with Crippen LogP contribution in [0.2, 0.25) is 0 Å². The minimum Gasteiger partial charge on any atom is -0.457 e. The van der Waals surface area contributed by atoms with Gasteiger partial charge in [-0.3, -0.25) is 0 Å². The van der Waals surface area contributed by atoms with Crippen molar-refractivity contribution in [2.45, 2.75) is 5.41 Å². The van der Waals surface area contributed by atoms with Gasteiger partial charge < -0.3 is 4.74 Å². The number of para-hydroxylation sites is 1. The molecular formula is C44H27N3O. The zero-order chi connectivity index (χ0) is 32.1. The van der Waals surface area contributed by atoms with Crippen LogP contribution in [0.4, 0.5) is 0 Å². The van der Waals surface area contributed by atoms with E-state index in [9.17, 15) is 5.26 Å². The van der Waals surface area contributed by atoms with Crippen molar-refractivity contribution in [3.8, 4) is 40.1 Å². The summed E-state index contributed by atoms with van der Waals surface area (Å²) in [6.45, 7) is 0. The normalized spacial score (nSPS) is 12.9. The van der Waals surface area contributed by atoms with Crippen molar-refractivity contribution in [2.75, 3.05) is 0 Å². The van der Waals surface area contributed by atoms with E-state index in [-0.39, 0.29) is 0 Å². The molecule has 0 radical (unpaired) electrons. The van der Waals surface area contributed by atoms with E-state index < -0.39 is 5.41 Å². The summed E-state index contributed by atoms with van der Waals surface area (Å²) in [4.78, 5) is 10.4. The molecule has 224 valence electrons. The van der Waals surface area contributed by atoms with Gasteiger partial charge in [0, 0.05) is 33.0 Å². The van der Waals surface area contributed by atoms with Gasteiger partial charge in [-0.25, -0.2) is 9.97 Å². The van der Waals surface area contributed by atoms with Gasteiger partial charge in [0.1, 0.15) is 11.5 Å². The lowest BCUT2D eigenvalue weighted by Gasteiger charge is -2.41. The van der Waals surface area contributed by atoms with Crippen molar-refractivity contribution in [2.24, 2.45) is 0 Å². The van der Waals surface area contributed by atoms with Gasteiger partial charge in [-0.15, -0.1) is 0 Å². The smallest absolute Gasteiger partial charge is 0.132 e. The number of aromatic nitrogens is 2. The van der Waals surface area contributed by atoms with Crippen LogP contribution in [0.1, 0.15) is 27.8 Å². The largest absolute Gasteiger partial charge is 0.457 e. The predicted molar refractivity (Wildman–Crippen MR) is 191 cm³/mol. The number of nitrogens with zero attached hydrogens (tertiary/aromatic N) is 3. The number of pyridine rings is 2. The first-order chi connectivity index (χ1) is 23.7. The third-order valence-electron chi connectivity index (χ3n) is 9.43. The van der Waals surface area contributed by atoms with E-state index >= 15 is 0 Å². The zero-order valence-electron chi connectivity index (χ0n) is 25.8. The van der Waals surface area contributed by atoms with Crippen molar-refractivity contribution in [3.05, 3.63) is 192 Å². The highest BCUT2D eigenvalue weighted by molar-refractivity contribution is 6.04. The molecule has 0 amide bonds. The first-order valence-corrected chi connectivity index (χ1v) is 16.0. The van der Waals surface area contributed by atoms with Crippen molar-refractivity contribution in [1.82, 2.24) is 9.97 Å². The predicted octanol–water partition coefficient (Wildman–Crippen LogP) is 10.5. The van der Waals surface area contributed by atoms with Gasteiger partial charge in [0.2, 0.25) is 0 Å². The lowest BCUT2D eigenvalue weighted by atomic mass is 9.63. The Morgan fingerprint density at radius 3 is 1.62 bits per heavy atom. The van der Waals surface area contributed by atoms with E-state index in [1.54, 1.807) is 0 Å². The van der Waals surface area contributed by atoms with E-state index in [2.05, 4.69) is 133 Å². The van der Waals surface area contributed by atoms with Gasteiger partial charge in [-0.1, -0.05) is 115 Å². The van der Waals surface area contributed by atoms with E-state index in [1.165, 1.54) is 11.1 Å². The Balaban J connectivity index is 1.26. The van der Waals surface area contributed by atoms with E-state index in [4.69, 9.17) is 14.7 Å². The molecule has 0 fully saturated rings. The van der Waals surface area contributed by atoms with Crippen LogP contribution in [0.3, 0.4) is 0 Å². The fourth-order valence-electron chi connectivity index (χ4n) is 7.17. The average molecular weight is 614 g/mol. The van der Waals surface area contributed by atoms with Crippen LogP contribution in [-0.4, -0.2) is 9.97 Å². The molecular weight excluding hydrogens is 587 g/mol. The van der Waals surface area contributed by atoms with Crippen LogP contribution < -0.4 is 4.74 Å². The van der Waals surface area contributed by atoms with Crippen LogP contribution in [0, 0.1) is 11.3 Å². The van der Waals surface area contributed by atoms with E-state index in [1.807, 2.05) is 36.4 Å². The summed E-state index contributed by atoms with van der Waals surface area (Å²) in [5, 5.41) is 11.3. The topological polar surface area (TPSA) is 58.8 Å². The number of benzene rings is 6. The van der Waals surface area contributed by atoms with Gasteiger partial charge in [-0.2, -0.15) is 5.26 Å². The molecule has 0 N–H and O–H groups in total. The Morgan fingerprint density at radius 1 is 0.479 bits per heavy atom. The van der Waals surface area contributed by atoms with Gasteiger partial charge >= 0.3 is 0 Å². The number of hydrogen-bond acceptors (Lipinski definition) is 4. The van der Waals surface area contributed by atoms with Crippen molar-refractivity contribution in [3.63, 3.8) is 0 Å². The molecule has 2 aromatic heterocycles. The number of rotatable bonds is 4. The maximum absolute atomic E-state index is 9.25. The first kappa shape index (κ1) is 27.7. The Morgan fingerprint density at radius 2 is 1.00 bits per heavy atom. The highest BCUT2D eigenvalue weighted by Gasteiger charge is 2.45. The van der Waals surface area contributed by atoms with Crippen molar-refractivity contribution in [1.29, 1.82) is 5.26 Å². The minimum atomic E-state index is -0.607. The van der Waals surface area contributed by atoms with Crippen molar-refractivity contribution < 1.29 is 4.74 Å². The van der Waals surface area contributed by atoms with Gasteiger partial charge in [0.05, 0.1) is 39.5 Å². The van der Waals surface area contributed by atoms with Crippen LogP contribution in [-0.2, 0) is 5.41 Å². The number of fused-ring (bicyclic) bond motifs is 5. The van der Waals surface area contributed by atoms with Crippen molar-refractivity contribution >= 4 is 21.8 Å². The highest BCUT2D eigenvalue weighted by Crippen LogP contribution is 2.55. The van der Waals surface area contributed by atoms with E-state index in [0.29, 0.717) is 5.56 Å². The second-order valence-electron chi connectivity index (χ2n) is 12.1. The second kappa shape index (κ2) is 11.0. The minimum absolute atomic E-state index is 0.607. The Kier molecular flexibility index (Phi) is 6.38.